The van der Waals surface area contributed by atoms with Gasteiger partial charge in [-0.1, -0.05) is 12.1 Å². The number of ether oxygens (including phenoxy) is 2. The van der Waals surface area contributed by atoms with Gasteiger partial charge in [0.05, 0.1) is 31.9 Å². The summed E-state index contributed by atoms with van der Waals surface area (Å²) < 4.78 is 67.5. The molecule has 2 aromatic heterocycles. The van der Waals surface area contributed by atoms with Gasteiger partial charge >= 0.3 is 6.18 Å². The van der Waals surface area contributed by atoms with E-state index in [4.69, 9.17) is 9.47 Å². The molecule has 0 aliphatic heterocycles. The second kappa shape index (κ2) is 10.9. The van der Waals surface area contributed by atoms with Crippen LogP contribution in [0, 0.1) is 5.82 Å². The van der Waals surface area contributed by atoms with E-state index in [9.17, 15) is 22.4 Å². The zero-order valence-corrected chi connectivity index (χ0v) is 20.8. The molecular weight excluding hydrogens is 504 g/mol. The number of benzene rings is 2. The molecule has 11 heteroatoms. The molecule has 0 unspecified atom stereocenters. The van der Waals surface area contributed by atoms with Crippen LogP contribution in [0.25, 0.3) is 22.3 Å². The first-order chi connectivity index (χ1) is 18.1. The number of anilines is 1. The van der Waals surface area contributed by atoms with Gasteiger partial charge in [0.1, 0.15) is 5.82 Å². The number of amides is 1. The maximum atomic E-state index is 14.9. The topological polar surface area (TPSA) is 78.3 Å². The van der Waals surface area contributed by atoms with E-state index in [-0.39, 0.29) is 23.2 Å². The number of nitrogens with zero attached hydrogens (tertiary/aromatic N) is 3. The van der Waals surface area contributed by atoms with Crippen molar-refractivity contribution in [2.45, 2.75) is 19.5 Å². The number of carbonyl (C=O) groups excluding carboxylic acids is 1. The molecule has 7 nitrogen and oxygen atoms in total. The molecule has 38 heavy (non-hydrogen) atoms. The highest BCUT2D eigenvalue weighted by atomic mass is 19.4. The molecule has 0 aliphatic rings. The summed E-state index contributed by atoms with van der Waals surface area (Å²) >= 11 is 0. The fraction of sp³-hybridized carbons (Fsp3) is 0.222. The number of aryl methyl sites for hydroxylation is 1. The third-order valence-corrected chi connectivity index (χ3v) is 5.63. The Hall–Kier alpha value is -4.41. The number of methoxy groups -OCH3 is 1. The normalized spacial score (nSPS) is 11.3. The second-order valence-electron chi connectivity index (χ2n) is 8.40. The van der Waals surface area contributed by atoms with Crippen molar-refractivity contribution in [3.05, 3.63) is 78.0 Å². The number of aromatic nitrogens is 3. The van der Waals surface area contributed by atoms with Crippen molar-refractivity contribution in [2.75, 3.05) is 19.0 Å². The molecule has 0 radical (unpaired) electrons. The Balaban J connectivity index is 1.54. The van der Waals surface area contributed by atoms with E-state index in [2.05, 4.69) is 15.4 Å². The summed E-state index contributed by atoms with van der Waals surface area (Å²) in [7, 11) is 3.10. The number of hydrogen-bond donors (Lipinski definition) is 1. The molecule has 4 aromatic rings. The summed E-state index contributed by atoms with van der Waals surface area (Å²) in [5.74, 6) is -0.613. The maximum absolute atomic E-state index is 14.9. The number of halogens is 4. The van der Waals surface area contributed by atoms with Crippen molar-refractivity contribution in [1.82, 2.24) is 14.8 Å². The first-order valence-electron chi connectivity index (χ1n) is 11.5. The van der Waals surface area contributed by atoms with Crippen LogP contribution in [0.4, 0.5) is 23.2 Å². The van der Waals surface area contributed by atoms with Crippen LogP contribution in [0.2, 0.25) is 0 Å². The minimum atomic E-state index is -4.63. The molecule has 0 saturated carbocycles. The molecule has 2 aromatic carbocycles. The summed E-state index contributed by atoms with van der Waals surface area (Å²) in [4.78, 5) is 16.8. The second-order valence-corrected chi connectivity index (χ2v) is 8.40. The van der Waals surface area contributed by atoms with E-state index in [1.807, 2.05) is 6.92 Å². The Labute approximate surface area is 216 Å². The zero-order valence-electron chi connectivity index (χ0n) is 20.8. The van der Waals surface area contributed by atoms with Crippen molar-refractivity contribution >= 4 is 11.6 Å². The van der Waals surface area contributed by atoms with Crippen LogP contribution in [-0.4, -0.2) is 34.4 Å². The molecule has 0 spiro atoms. The Morgan fingerprint density at radius 3 is 2.45 bits per heavy atom. The molecule has 1 amide bonds. The van der Waals surface area contributed by atoms with Gasteiger partial charge in [-0.25, -0.2) is 9.37 Å². The Bertz CT molecular complexity index is 1470. The van der Waals surface area contributed by atoms with Crippen molar-refractivity contribution in [1.29, 1.82) is 0 Å². The van der Waals surface area contributed by atoms with E-state index in [0.717, 1.165) is 12.1 Å². The quantitative estimate of drug-likeness (QED) is 0.289. The molecule has 0 fully saturated rings. The van der Waals surface area contributed by atoms with Crippen LogP contribution >= 0.6 is 0 Å². The van der Waals surface area contributed by atoms with Crippen LogP contribution in [0.3, 0.4) is 0 Å². The average Bonchev–Trinajstić information content (AvgIpc) is 3.31. The van der Waals surface area contributed by atoms with Gasteiger partial charge in [0, 0.05) is 36.3 Å². The predicted octanol–water partition coefficient (Wildman–Crippen LogP) is 5.90. The highest BCUT2D eigenvalue weighted by Crippen LogP contribution is 2.35. The number of hydrogen-bond acceptors (Lipinski definition) is 5. The summed E-state index contributed by atoms with van der Waals surface area (Å²) in [6.45, 7) is 2.20. The Kier molecular flexibility index (Phi) is 7.65. The number of carbonyl (C=O) groups is 1. The standard InChI is InChI=1S/C27H24F4N4O3/c1-4-38-24-10-19(13-32-26(24)37-3)16-5-6-17(23(28)9-16)11-25(36)34-22-8-18(20-14-33-35(2)15-20)7-21(12-22)27(29,30)31/h5-10,12-15H,4,11H2,1-3H3,(H,34,36). The molecule has 0 atom stereocenters. The molecule has 0 bridgehead atoms. The lowest BCUT2D eigenvalue weighted by Crippen LogP contribution is -2.16. The molecular formula is C27H24F4N4O3. The van der Waals surface area contributed by atoms with E-state index < -0.39 is 23.5 Å². The lowest BCUT2D eigenvalue weighted by Gasteiger charge is -2.13. The first-order valence-corrected chi connectivity index (χ1v) is 11.5. The monoisotopic (exact) mass is 528 g/mol. The largest absolute Gasteiger partial charge is 0.488 e. The number of nitrogens with one attached hydrogen (secondary N) is 1. The minimum absolute atomic E-state index is 0.0616. The average molecular weight is 529 g/mol. The van der Waals surface area contributed by atoms with Gasteiger partial charge in [0.15, 0.2) is 5.75 Å². The fourth-order valence-corrected chi connectivity index (χ4v) is 3.85. The van der Waals surface area contributed by atoms with Gasteiger partial charge in [-0.15, -0.1) is 0 Å². The molecule has 4 rings (SSSR count). The van der Waals surface area contributed by atoms with Gasteiger partial charge in [0.2, 0.25) is 5.91 Å². The van der Waals surface area contributed by atoms with Crippen molar-refractivity contribution < 1.29 is 31.8 Å². The number of pyridine rings is 1. The number of alkyl halides is 3. The van der Waals surface area contributed by atoms with Crippen molar-refractivity contribution in [3.8, 4) is 33.9 Å². The van der Waals surface area contributed by atoms with Crippen LogP contribution in [0.5, 0.6) is 11.6 Å². The molecule has 1 N–H and O–H groups in total. The van der Waals surface area contributed by atoms with Gasteiger partial charge in [-0.3, -0.25) is 9.48 Å². The maximum Gasteiger partial charge on any atom is 0.416 e. The fourth-order valence-electron chi connectivity index (χ4n) is 3.85. The highest BCUT2D eigenvalue weighted by molar-refractivity contribution is 5.93. The summed E-state index contributed by atoms with van der Waals surface area (Å²) in [6, 6.07) is 9.23. The van der Waals surface area contributed by atoms with Crippen LogP contribution in [0.1, 0.15) is 18.1 Å². The van der Waals surface area contributed by atoms with E-state index in [1.54, 1.807) is 25.4 Å². The summed E-state index contributed by atoms with van der Waals surface area (Å²) in [5.41, 5.74) is 0.863. The van der Waals surface area contributed by atoms with E-state index in [0.29, 0.717) is 34.9 Å². The van der Waals surface area contributed by atoms with Crippen LogP contribution < -0.4 is 14.8 Å². The number of rotatable bonds is 8. The van der Waals surface area contributed by atoms with Gasteiger partial charge in [-0.05, 0) is 53.9 Å². The van der Waals surface area contributed by atoms with Crippen LogP contribution in [0.15, 0.2) is 61.1 Å². The van der Waals surface area contributed by atoms with Gasteiger partial charge in [0.25, 0.3) is 5.88 Å². The smallest absolute Gasteiger partial charge is 0.416 e. The van der Waals surface area contributed by atoms with Crippen molar-refractivity contribution in [2.24, 2.45) is 7.05 Å². The molecule has 198 valence electrons. The first kappa shape index (κ1) is 26.6. The molecule has 0 saturated heterocycles. The van der Waals surface area contributed by atoms with Crippen LogP contribution in [-0.2, 0) is 24.4 Å². The third-order valence-electron chi connectivity index (χ3n) is 5.63. The Morgan fingerprint density at radius 2 is 1.82 bits per heavy atom. The van der Waals surface area contributed by atoms with Gasteiger partial charge < -0.3 is 14.8 Å². The lowest BCUT2D eigenvalue weighted by molar-refractivity contribution is -0.137. The van der Waals surface area contributed by atoms with E-state index in [1.165, 1.54) is 42.4 Å². The lowest BCUT2D eigenvalue weighted by atomic mass is 10.0. The minimum Gasteiger partial charge on any atom is -0.488 e. The molecule has 0 aliphatic carbocycles. The van der Waals surface area contributed by atoms with E-state index >= 15 is 0 Å². The SMILES string of the molecule is CCOc1cc(-c2ccc(CC(=O)Nc3cc(-c4cnn(C)c4)cc(C(F)(F)F)c3)c(F)c2)cnc1OC. The highest BCUT2D eigenvalue weighted by Gasteiger charge is 2.31. The van der Waals surface area contributed by atoms with Crippen molar-refractivity contribution in [3.63, 3.8) is 0 Å². The molecule has 2 heterocycles. The summed E-state index contributed by atoms with van der Waals surface area (Å²) in [5, 5.41) is 6.44. The summed E-state index contributed by atoms with van der Waals surface area (Å²) in [6.07, 6.45) is -0.509. The Morgan fingerprint density at radius 1 is 1.03 bits per heavy atom. The third kappa shape index (κ3) is 6.10. The zero-order chi connectivity index (χ0) is 27.4. The van der Waals surface area contributed by atoms with Gasteiger partial charge in [-0.2, -0.15) is 18.3 Å². The predicted molar refractivity (Wildman–Crippen MR) is 133 cm³/mol.